The third kappa shape index (κ3) is 5.54. The normalized spacial score (nSPS) is 13.8. The predicted octanol–water partition coefficient (Wildman–Crippen LogP) is 5.28. The number of aliphatic carboxylic acids is 1. The average molecular weight is 475 g/mol. The Kier molecular flexibility index (Phi) is 8.03. The van der Waals surface area contributed by atoms with E-state index in [0.29, 0.717) is 5.52 Å². The molecule has 3 rings (SSSR count). The smallest absolute Gasteiger partial charge is 0.303 e. The van der Waals surface area contributed by atoms with Crippen molar-refractivity contribution in [3.05, 3.63) is 59.2 Å². The van der Waals surface area contributed by atoms with Crippen LogP contribution in [0.25, 0.3) is 10.2 Å². The first kappa shape index (κ1) is 24.4. The molecule has 0 aliphatic rings. The molecular formula is C24H30N2O4S2. The molecule has 8 heteroatoms. The molecule has 0 amide bonds. The third-order valence-electron chi connectivity index (χ3n) is 5.73. The van der Waals surface area contributed by atoms with Crippen molar-refractivity contribution in [3.63, 3.8) is 0 Å². The summed E-state index contributed by atoms with van der Waals surface area (Å²) in [5.41, 5.74) is 9.92. The van der Waals surface area contributed by atoms with Crippen molar-refractivity contribution in [2.24, 2.45) is 5.73 Å². The Labute approximate surface area is 193 Å². The zero-order valence-electron chi connectivity index (χ0n) is 18.5. The van der Waals surface area contributed by atoms with Gasteiger partial charge in [0.05, 0.1) is 28.4 Å². The van der Waals surface area contributed by atoms with Gasteiger partial charge in [-0.15, -0.1) is 11.3 Å². The topological polar surface area (TPSA) is 110 Å². The number of hydrogen-bond acceptors (Lipinski definition) is 6. The average Bonchev–Trinajstić information content (AvgIpc) is 3.23. The molecule has 3 N–H and O–H groups in total. The summed E-state index contributed by atoms with van der Waals surface area (Å²) in [6.07, 6.45) is 4.05. The van der Waals surface area contributed by atoms with Crippen LogP contribution in [0.2, 0.25) is 0 Å². The first-order valence-electron chi connectivity index (χ1n) is 11.0. The van der Waals surface area contributed by atoms with Crippen molar-refractivity contribution in [1.82, 2.24) is 4.98 Å². The summed E-state index contributed by atoms with van der Waals surface area (Å²) >= 11 is 1.15. The molecule has 172 valence electrons. The minimum atomic E-state index is -3.40. The minimum absolute atomic E-state index is 0.000743. The van der Waals surface area contributed by atoms with E-state index >= 15 is 0 Å². The van der Waals surface area contributed by atoms with Crippen LogP contribution in [0.15, 0.2) is 46.8 Å². The lowest BCUT2D eigenvalue weighted by molar-refractivity contribution is -0.137. The molecule has 3 aromatic rings. The molecule has 32 heavy (non-hydrogen) atoms. The van der Waals surface area contributed by atoms with E-state index in [4.69, 9.17) is 5.73 Å². The lowest BCUT2D eigenvalue weighted by atomic mass is 9.88. The van der Waals surface area contributed by atoms with Crippen LogP contribution in [0.4, 0.5) is 0 Å². The van der Waals surface area contributed by atoms with E-state index in [1.165, 1.54) is 0 Å². The summed E-state index contributed by atoms with van der Waals surface area (Å²) in [5, 5.41) is 9.39. The van der Waals surface area contributed by atoms with Crippen molar-refractivity contribution >= 4 is 37.4 Å². The zero-order valence-corrected chi connectivity index (χ0v) is 20.1. The minimum Gasteiger partial charge on any atom is -0.481 e. The fraction of sp³-hybridized carbons (Fsp3) is 0.417. The van der Waals surface area contributed by atoms with E-state index in [9.17, 15) is 18.3 Å². The van der Waals surface area contributed by atoms with Crippen LogP contribution in [-0.2, 0) is 14.6 Å². The number of thiazole rings is 1. The highest BCUT2D eigenvalue weighted by Crippen LogP contribution is 2.35. The van der Waals surface area contributed by atoms with Crippen LogP contribution in [0.1, 0.15) is 74.6 Å². The second-order valence-corrected chi connectivity index (χ2v) is 11.5. The van der Waals surface area contributed by atoms with Crippen molar-refractivity contribution in [2.75, 3.05) is 5.75 Å². The number of fused-ring (bicyclic) bond motifs is 1. The lowest BCUT2D eigenvalue weighted by Gasteiger charge is -2.19. The van der Waals surface area contributed by atoms with Gasteiger partial charge >= 0.3 is 5.97 Å². The molecule has 2 aromatic carbocycles. The maximum Gasteiger partial charge on any atom is 0.303 e. The van der Waals surface area contributed by atoms with E-state index in [0.717, 1.165) is 58.4 Å². The molecule has 0 aliphatic carbocycles. The van der Waals surface area contributed by atoms with Crippen LogP contribution in [0.5, 0.6) is 0 Å². The highest BCUT2D eigenvalue weighted by Gasteiger charge is 2.22. The standard InChI is InChI=1S/C24H30N2O4S2/c1-3-5-6-9-17(15-21(27)28)16-10-7-11-18(14-16)22(25)19-12-8-13-20-23(19)31-24(26-20)32(29,30)4-2/h7-8,10-14,17,22H,3-6,9,15,25H2,1-2H3,(H,27,28). The van der Waals surface area contributed by atoms with Gasteiger partial charge in [-0.2, -0.15) is 0 Å². The van der Waals surface area contributed by atoms with Gasteiger partial charge < -0.3 is 10.8 Å². The van der Waals surface area contributed by atoms with Gasteiger partial charge in [-0.1, -0.05) is 69.5 Å². The summed E-state index contributed by atoms with van der Waals surface area (Å²) < 4.78 is 25.5. The SMILES string of the molecule is CCCCCC(CC(=O)O)c1cccc(C(N)c2cccc3nc(S(=O)(=O)CC)sc23)c1. The largest absolute Gasteiger partial charge is 0.481 e. The molecule has 0 fully saturated rings. The number of carboxylic acids is 1. The van der Waals surface area contributed by atoms with Gasteiger partial charge in [-0.3, -0.25) is 4.79 Å². The molecule has 2 atom stereocenters. The van der Waals surface area contributed by atoms with Gasteiger partial charge in [0.25, 0.3) is 0 Å². The molecule has 1 heterocycles. The molecule has 0 saturated carbocycles. The number of carbonyl (C=O) groups is 1. The maximum absolute atomic E-state index is 12.3. The van der Waals surface area contributed by atoms with Gasteiger partial charge in [0, 0.05) is 0 Å². The molecule has 0 radical (unpaired) electrons. The van der Waals surface area contributed by atoms with E-state index in [1.54, 1.807) is 13.0 Å². The Morgan fingerprint density at radius 2 is 1.84 bits per heavy atom. The van der Waals surface area contributed by atoms with Gasteiger partial charge in [-0.05, 0) is 35.1 Å². The summed E-state index contributed by atoms with van der Waals surface area (Å²) in [5.74, 6) is -0.869. The third-order valence-corrected chi connectivity index (χ3v) is 9.04. The molecule has 1 aromatic heterocycles. The Bertz CT molecular complexity index is 1190. The maximum atomic E-state index is 12.3. The van der Waals surface area contributed by atoms with Crippen LogP contribution < -0.4 is 5.73 Å². The van der Waals surface area contributed by atoms with Crippen molar-refractivity contribution < 1.29 is 18.3 Å². The molecule has 0 aliphatic heterocycles. The van der Waals surface area contributed by atoms with Crippen molar-refractivity contribution in [1.29, 1.82) is 0 Å². The van der Waals surface area contributed by atoms with E-state index in [2.05, 4.69) is 11.9 Å². The van der Waals surface area contributed by atoms with Crippen LogP contribution in [0, 0.1) is 0 Å². The Morgan fingerprint density at radius 3 is 2.53 bits per heavy atom. The van der Waals surface area contributed by atoms with Crippen LogP contribution in [-0.4, -0.2) is 30.2 Å². The van der Waals surface area contributed by atoms with E-state index in [1.807, 2.05) is 36.4 Å². The summed E-state index contributed by atoms with van der Waals surface area (Å²) in [7, 11) is -3.40. The molecule has 0 bridgehead atoms. The van der Waals surface area contributed by atoms with Gasteiger partial charge in [0.2, 0.25) is 14.2 Å². The van der Waals surface area contributed by atoms with Gasteiger partial charge in [-0.25, -0.2) is 13.4 Å². The summed E-state index contributed by atoms with van der Waals surface area (Å²) in [6, 6.07) is 12.9. The fourth-order valence-electron chi connectivity index (χ4n) is 3.88. The van der Waals surface area contributed by atoms with Gasteiger partial charge in [0.15, 0.2) is 0 Å². The highest BCUT2D eigenvalue weighted by atomic mass is 32.2. The Balaban J connectivity index is 1.96. The Hall–Kier alpha value is -2.29. The number of benzene rings is 2. The van der Waals surface area contributed by atoms with Crippen LogP contribution >= 0.6 is 11.3 Å². The summed E-state index contributed by atoms with van der Waals surface area (Å²) in [4.78, 5) is 15.8. The number of carboxylic acid groups (broad SMARTS) is 1. The number of nitrogens with zero attached hydrogens (tertiary/aromatic N) is 1. The number of unbranched alkanes of at least 4 members (excludes halogenated alkanes) is 2. The van der Waals surface area contributed by atoms with E-state index in [-0.39, 0.29) is 22.4 Å². The van der Waals surface area contributed by atoms with Crippen molar-refractivity contribution in [2.45, 2.75) is 62.3 Å². The Morgan fingerprint density at radius 1 is 1.12 bits per heavy atom. The molecule has 0 spiro atoms. The van der Waals surface area contributed by atoms with Crippen LogP contribution in [0.3, 0.4) is 0 Å². The molecular weight excluding hydrogens is 444 g/mol. The zero-order chi connectivity index (χ0) is 23.3. The molecule has 6 nitrogen and oxygen atoms in total. The van der Waals surface area contributed by atoms with Gasteiger partial charge in [0.1, 0.15) is 0 Å². The number of aromatic nitrogens is 1. The number of nitrogens with two attached hydrogens (primary N) is 1. The first-order chi connectivity index (χ1) is 15.3. The lowest BCUT2D eigenvalue weighted by Crippen LogP contribution is -2.13. The van der Waals surface area contributed by atoms with Crippen molar-refractivity contribution in [3.8, 4) is 0 Å². The molecule has 0 saturated heterocycles. The fourth-order valence-corrected chi connectivity index (χ4v) is 6.32. The predicted molar refractivity (Wildman–Crippen MR) is 129 cm³/mol. The highest BCUT2D eigenvalue weighted by molar-refractivity contribution is 7.93. The van der Waals surface area contributed by atoms with E-state index < -0.39 is 21.8 Å². The number of sulfone groups is 1. The number of hydrogen-bond donors (Lipinski definition) is 2. The monoisotopic (exact) mass is 474 g/mol. The second kappa shape index (κ2) is 10.6. The second-order valence-electron chi connectivity index (χ2n) is 8.02. The quantitative estimate of drug-likeness (QED) is 0.366. The molecule has 2 unspecified atom stereocenters. The summed E-state index contributed by atoms with van der Waals surface area (Å²) in [6.45, 7) is 3.73. The first-order valence-corrected chi connectivity index (χ1v) is 13.4. The number of rotatable bonds is 11.